The van der Waals surface area contributed by atoms with Gasteiger partial charge in [0.1, 0.15) is 17.2 Å². The molecule has 0 spiro atoms. The summed E-state index contributed by atoms with van der Waals surface area (Å²) >= 11 is 0. The van der Waals surface area contributed by atoms with Crippen LogP contribution in [0.25, 0.3) is 0 Å². The molecule has 0 saturated heterocycles. The molecule has 0 radical (unpaired) electrons. The summed E-state index contributed by atoms with van der Waals surface area (Å²) in [7, 11) is 0. The van der Waals surface area contributed by atoms with E-state index in [-0.39, 0.29) is 5.75 Å². The predicted octanol–water partition coefficient (Wildman–Crippen LogP) is 4.55. The van der Waals surface area contributed by atoms with E-state index in [4.69, 9.17) is 9.47 Å². The van der Waals surface area contributed by atoms with Crippen LogP contribution in [-0.4, -0.2) is 5.11 Å². The molecule has 0 aliphatic carbocycles. The van der Waals surface area contributed by atoms with Gasteiger partial charge in [0, 0.05) is 5.56 Å². The van der Waals surface area contributed by atoms with Gasteiger partial charge in [0.15, 0.2) is 0 Å². The molecule has 22 heavy (non-hydrogen) atoms. The van der Waals surface area contributed by atoms with Crippen LogP contribution in [-0.2, 0) is 0 Å². The first-order valence-electron chi connectivity index (χ1n) is 7.03. The molecular weight excluding hydrogens is 276 g/mol. The first-order valence-corrected chi connectivity index (χ1v) is 7.03. The molecule has 0 saturated carbocycles. The standard InChI is InChI=1S/C19H16O3/c20-16-11-13-18(14-12-16)22-19(15-7-3-1-4-8-15)21-17-9-5-2-6-10-17/h1-14,19-20H. The minimum atomic E-state index is -0.562. The van der Waals surface area contributed by atoms with Crippen LogP contribution in [0.2, 0.25) is 0 Å². The number of para-hydroxylation sites is 1. The van der Waals surface area contributed by atoms with Crippen molar-refractivity contribution in [3.8, 4) is 17.2 Å². The third kappa shape index (κ3) is 3.58. The topological polar surface area (TPSA) is 38.7 Å². The smallest absolute Gasteiger partial charge is 0.267 e. The maximum Gasteiger partial charge on any atom is 0.267 e. The number of rotatable bonds is 5. The maximum atomic E-state index is 9.36. The molecule has 3 aromatic carbocycles. The summed E-state index contributed by atoms with van der Waals surface area (Å²) in [5.74, 6) is 1.56. The van der Waals surface area contributed by atoms with Crippen LogP contribution in [0.4, 0.5) is 0 Å². The Morgan fingerprint density at radius 1 is 0.591 bits per heavy atom. The monoisotopic (exact) mass is 292 g/mol. The van der Waals surface area contributed by atoms with E-state index in [2.05, 4.69) is 0 Å². The van der Waals surface area contributed by atoms with E-state index >= 15 is 0 Å². The molecule has 1 atom stereocenters. The fourth-order valence-electron chi connectivity index (χ4n) is 2.04. The highest BCUT2D eigenvalue weighted by atomic mass is 16.7. The minimum Gasteiger partial charge on any atom is -0.508 e. The van der Waals surface area contributed by atoms with Gasteiger partial charge in [0.25, 0.3) is 6.29 Å². The van der Waals surface area contributed by atoms with E-state index in [1.807, 2.05) is 60.7 Å². The number of aromatic hydroxyl groups is 1. The second-order valence-electron chi connectivity index (χ2n) is 4.79. The van der Waals surface area contributed by atoms with Gasteiger partial charge in [0.2, 0.25) is 0 Å². The molecule has 0 aromatic heterocycles. The Balaban J connectivity index is 1.84. The zero-order chi connectivity index (χ0) is 15.2. The minimum absolute atomic E-state index is 0.201. The summed E-state index contributed by atoms with van der Waals surface area (Å²) in [5.41, 5.74) is 0.916. The number of hydrogen-bond donors (Lipinski definition) is 1. The summed E-state index contributed by atoms with van der Waals surface area (Å²) in [6.07, 6.45) is -0.562. The summed E-state index contributed by atoms with van der Waals surface area (Å²) in [6.45, 7) is 0. The van der Waals surface area contributed by atoms with Gasteiger partial charge in [0.05, 0.1) is 0 Å². The molecule has 3 rings (SSSR count). The fraction of sp³-hybridized carbons (Fsp3) is 0.0526. The van der Waals surface area contributed by atoms with Gasteiger partial charge >= 0.3 is 0 Å². The third-order valence-electron chi connectivity index (χ3n) is 3.14. The Bertz CT molecular complexity index is 694. The van der Waals surface area contributed by atoms with Crippen molar-refractivity contribution in [1.29, 1.82) is 0 Å². The van der Waals surface area contributed by atoms with Gasteiger partial charge in [-0.25, -0.2) is 0 Å². The van der Waals surface area contributed by atoms with E-state index < -0.39 is 6.29 Å². The van der Waals surface area contributed by atoms with Gasteiger partial charge in [-0.15, -0.1) is 0 Å². The molecule has 0 heterocycles. The highest BCUT2D eigenvalue weighted by molar-refractivity contribution is 5.31. The van der Waals surface area contributed by atoms with Crippen LogP contribution in [0.15, 0.2) is 84.9 Å². The van der Waals surface area contributed by atoms with Crippen LogP contribution in [0, 0.1) is 0 Å². The largest absolute Gasteiger partial charge is 0.508 e. The SMILES string of the molecule is Oc1ccc(OC(Oc2ccccc2)c2ccccc2)cc1. The molecule has 110 valence electrons. The van der Waals surface area contributed by atoms with Crippen molar-refractivity contribution >= 4 is 0 Å². The lowest BCUT2D eigenvalue weighted by Crippen LogP contribution is -2.14. The zero-order valence-electron chi connectivity index (χ0n) is 11.9. The van der Waals surface area contributed by atoms with Crippen molar-refractivity contribution in [1.82, 2.24) is 0 Å². The summed E-state index contributed by atoms with van der Waals surface area (Å²) in [5, 5.41) is 9.36. The fourth-order valence-corrected chi connectivity index (χ4v) is 2.04. The van der Waals surface area contributed by atoms with E-state index in [1.165, 1.54) is 0 Å². The van der Waals surface area contributed by atoms with E-state index in [1.54, 1.807) is 24.3 Å². The Morgan fingerprint density at radius 2 is 1.09 bits per heavy atom. The van der Waals surface area contributed by atoms with Crippen LogP contribution in [0.1, 0.15) is 11.9 Å². The molecule has 0 aliphatic heterocycles. The molecule has 3 heteroatoms. The molecule has 3 aromatic rings. The van der Waals surface area contributed by atoms with Crippen LogP contribution < -0.4 is 9.47 Å². The Kier molecular flexibility index (Phi) is 4.25. The van der Waals surface area contributed by atoms with Crippen LogP contribution in [0.5, 0.6) is 17.2 Å². The molecule has 0 fully saturated rings. The van der Waals surface area contributed by atoms with Crippen LogP contribution in [0.3, 0.4) is 0 Å². The lowest BCUT2D eigenvalue weighted by molar-refractivity contribution is 0.00378. The first-order chi connectivity index (χ1) is 10.8. The second-order valence-corrected chi connectivity index (χ2v) is 4.79. The van der Waals surface area contributed by atoms with Gasteiger partial charge in [-0.2, -0.15) is 0 Å². The average molecular weight is 292 g/mol. The second kappa shape index (κ2) is 6.68. The van der Waals surface area contributed by atoms with Crippen LogP contribution >= 0.6 is 0 Å². The zero-order valence-corrected chi connectivity index (χ0v) is 11.9. The molecular formula is C19H16O3. The van der Waals surface area contributed by atoms with Gasteiger partial charge < -0.3 is 14.6 Å². The lowest BCUT2D eigenvalue weighted by Gasteiger charge is -2.21. The number of benzene rings is 3. The van der Waals surface area contributed by atoms with Crippen molar-refractivity contribution in [2.75, 3.05) is 0 Å². The van der Waals surface area contributed by atoms with Crippen molar-refractivity contribution < 1.29 is 14.6 Å². The predicted molar refractivity (Wildman–Crippen MR) is 85.0 cm³/mol. The van der Waals surface area contributed by atoms with Gasteiger partial charge in [-0.3, -0.25) is 0 Å². The van der Waals surface area contributed by atoms with Crippen molar-refractivity contribution in [2.45, 2.75) is 6.29 Å². The Hall–Kier alpha value is -2.94. The third-order valence-corrected chi connectivity index (χ3v) is 3.14. The van der Waals surface area contributed by atoms with E-state index in [9.17, 15) is 5.11 Å². The maximum absolute atomic E-state index is 9.36. The molecule has 1 N–H and O–H groups in total. The van der Waals surface area contributed by atoms with Crippen molar-refractivity contribution in [3.63, 3.8) is 0 Å². The molecule has 1 unspecified atom stereocenters. The number of ether oxygens (including phenoxy) is 2. The number of hydrogen-bond acceptors (Lipinski definition) is 3. The number of phenolic OH excluding ortho intramolecular Hbond substituents is 1. The van der Waals surface area contributed by atoms with E-state index in [0.717, 1.165) is 11.3 Å². The summed E-state index contributed by atoms with van der Waals surface area (Å²) < 4.78 is 11.9. The molecule has 0 amide bonds. The number of phenols is 1. The Labute approximate surface area is 129 Å². The van der Waals surface area contributed by atoms with Gasteiger partial charge in [-0.05, 0) is 36.4 Å². The highest BCUT2D eigenvalue weighted by Gasteiger charge is 2.15. The summed E-state index contributed by atoms with van der Waals surface area (Å²) in [4.78, 5) is 0. The molecule has 0 bridgehead atoms. The highest BCUT2D eigenvalue weighted by Crippen LogP contribution is 2.26. The Morgan fingerprint density at radius 3 is 1.68 bits per heavy atom. The molecule has 0 aliphatic rings. The van der Waals surface area contributed by atoms with Crippen molar-refractivity contribution in [3.05, 3.63) is 90.5 Å². The summed E-state index contributed by atoms with van der Waals surface area (Å²) in [6, 6.07) is 25.9. The van der Waals surface area contributed by atoms with Gasteiger partial charge in [-0.1, -0.05) is 48.5 Å². The van der Waals surface area contributed by atoms with Crippen molar-refractivity contribution in [2.24, 2.45) is 0 Å². The normalized spacial score (nSPS) is 11.6. The molecule has 3 nitrogen and oxygen atoms in total. The first kappa shape index (κ1) is 14.0. The quantitative estimate of drug-likeness (QED) is 0.701. The average Bonchev–Trinajstić information content (AvgIpc) is 2.58. The van der Waals surface area contributed by atoms with E-state index in [0.29, 0.717) is 5.75 Å². The lowest BCUT2D eigenvalue weighted by atomic mass is 10.2.